The fourth-order valence-electron chi connectivity index (χ4n) is 3.76. The maximum Gasteiger partial charge on any atom is 0.327 e. The third-order valence-electron chi connectivity index (χ3n) is 5.43. The van der Waals surface area contributed by atoms with Crippen molar-refractivity contribution in [1.29, 1.82) is 0 Å². The van der Waals surface area contributed by atoms with Gasteiger partial charge >= 0.3 is 5.97 Å². The Bertz CT molecular complexity index is 855. The zero-order chi connectivity index (χ0) is 21.0. The molecular weight excluding hydrogens is 394 g/mol. The summed E-state index contributed by atoms with van der Waals surface area (Å²) in [5.41, 5.74) is 2.56. The fraction of sp³-hybridized carbons (Fsp3) is 0.476. The SMILES string of the molecule is COC(=O)[C@@H](c1ccccc1Cl)N1CCN(C(=O)CCc2c(C)noc2C)CC1. The first-order valence-corrected chi connectivity index (χ1v) is 10.1. The average Bonchev–Trinajstić information content (AvgIpc) is 3.05. The number of amides is 1. The van der Waals surface area contributed by atoms with Gasteiger partial charge in [-0.15, -0.1) is 0 Å². The molecule has 29 heavy (non-hydrogen) atoms. The van der Waals surface area contributed by atoms with Crippen LogP contribution in [0.15, 0.2) is 28.8 Å². The van der Waals surface area contributed by atoms with Crippen LogP contribution in [-0.4, -0.2) is 60.1 Å². The molecule has 2 aromatic rings. The van der Waals surface area contributed by atoms with Crippen LogP contribution in [-0.2, 0) is 20.7 Å². The first-order chi connectivity index (χ1) is 13.9. The number of carbonyl (C=O) groups excluding carboxylic acids is 2. The van der Waals surface area contributed by atoms with E-state index in [4.69, 9.17) is 20.9 Å². The van der Waals surface area contributed by atoms with E-state index in [1.807, 2.05) is 41.8 Å². The number of hydrogen-bond acceptors (Lipinski definition) is 6. The summed E-state index contributed by atoms with van der Waals surface area (Å²) in [6, 6.07) is 6.71. The second-order valence-electron chi connectivity index (χ2n) is 7.17. The molecule has 0 aliphatic carbocycles. The standard InChI is InChI=1S/C21H26ClN3O4/c1-14-16(15(2)29-23-14)8-9-19(26)24-10-12-25(13-11-24)20(21(27)28-3)17-6-4-5-7-18(17)22/h4-7,20H,8-13H2,1-3H3/t20-/m1/s1. The lowest BCUT2D eigenvalue weighted by atomic mass is 10.0. The normalized spacial score (nSPS) is 15.9. The van der Waals surface area contributed by atoms with Crippen LogP contribution in [0.5, 0.6) is 0 Å². The smallest absolute Gasteiger partial charge is 0.327 e. The molecule has 0 N–H and O–H groups in total. The molecule has 1 aliphatic heterocycles. The van der Waals surface area contributed by atoms with Crippen LogP contribution >= 0.6 is 11.6 Å². The molecule has 1 amide bonds. The number of esters is 1. The molecule has 1 aromatic carbocycles. The molecule has 1 fully saturated rings. The van der Waals surface area contributed by atoms with E-state index < -0.39 is 6.04 Å². The van der Waals surface area contributed by atoms with E-state index in [1.54, 1.807) is 6.07 Å². The van der Waals surface area contributed by atoms with Crippen molar-refractivity contribution >= 4 is 23.5 Å². The van der Waals surface area contributed by atoms with Crippen LogP contribution < -0.4 is 0 Å². The summed E-state index contributed by atoms with van der Waals surface area (Å²) in [6.07, 6.45) is 1.03. The number of rotatable bonds is 6. The Morgan fingerprint density at radius 1 is 1.21 bits per heavy atom. The second kappa shape index (κ2) is 9.41. The molecule has 156 valence electrons. The molecule has 0 radical (unpaired) electrons. The molecule has 0 spiro atoms. The van der Waals surface area contributed by atoms with Crippen LogP contribution in [0.25, 0.3) is 0 Å². The van der Waals surface area contributed by atoms with Gasteiger partial charge in [-0.2, -0.15) is 0 Å². The van der Waals surface area contributed by atoms with Gasteiger partial charge in [0.05, 0.1) is 12.8 Å². The lowest BCUT2D eigenvalue weighted by molar-refractivity contribution is -0.148. The van der Waals surface area contributed by atoms with E-state index in [-0.39, 0.29) is 11.9 Å². The van der Waals surface area contributed by atoms with Crippen LogP contribution in [0.1, 0.15) is 35.0 Å². The molecule has 0 saturated carbocycles. The van der Waals surface area contributed by atoms with E-state index in [1.165, 1.54) is 7.11 Å². The molecule has 1 saturated heterocycles. The minimum atomic E-state index is -0.576. The highest BCUT2D eigenvalue weighted by Crippen LogP contribution is 2.29. The molecule has 0 bridgehead atoms. The predicted octanol–water partition coefficient (Wildman–Crippen LogP) is 2.94. The highest BCUT2D eigenvalue weighted by molar-refractivity contribution is 6.31. The van der Waals surface area contributed by atoms with Crippen molar-refractivity contribution in [2.45, 2.75) is 32.7 Å². The van der Waals surface area contributed by atoms with Crippen molar-refractivity contribution in [1.82, 2.24) is 15.0 Å². The van der Waals surface area contributed by atoms with E-state index in [0.29, 0.717) is 44.0 Å². The highest BCUT2D eigenvalue weighted by Gasteiger charge is 2.33. The Balaban J connectivity index is 1.61. The topological polar surface area (TPSA) is 75.9 Å². The third-order valence-corrected chi connectivity index (χ3v) is 5.77. The van der Waals surface area contributed by atoms with Gasteiger partial charge in [0.15, 0.2) is 0 Å². The Labute approximate surface area is 175 Å². The van der Waals surface area contributed by atoms with E-state index in [2.05, 4.69) is 5.16 Å². The van der Waals surface area contributed by atoms with E-state index in [9.17, 15) is 9.59 Å². The predicted molar refractivity (Wildman–Crippen MR) is 109 cm³/mol. The van der Waals surface area contributed by atoms with Gasteiger partial charge in [0, 0.05) is 43.2 Å². The Hall–Kier alpha value is -2.38. The van der Waals surface area contributed by atoms with Crippen molar-refractivity contribution in [2.24, 2.45) is 0 Å². The Morgan fingerprint density at radius 3 is 2.48 bits per heavy atom. The van der Waals surface area contributed by atoms with Crippen LogP contribution in [0.3, 0.4) is 0 Å². The zero-order valence-electron chi connectivity index (χ0n) is 17.0. The van der Waals surface area contributed by atoms with E-state index in [0.717, 1.165) is 22.6 Å². The van der Waals surface area contributed by atoms with Gasteiger partial charge in [0.25, 0.3) is 0 Å². The number of hydrogen-bond donors (Lipinski definition) is 0. The number of aromatic nitrogens is 1. The summed E-state index contributed by atoms with van der Waals surface area (Å²) in [5, 5.41) is 4.46. The van der Waals surface area contributed by atoms with Gasteiger partial charge < -0.3 is 14.2 Å². The van der Waals surface area contributed by atoms with Gasteiger partial charge in [0.2, 0.25) is 5.91 Å². The number of aryl methyl sites for hydroxylation is 2. The summed E-state index contributed by atoms with van der Waals surface area (Å²) < 4.78 is 10.2. The van der Waals surface area contributed by atoms with Crippen molar-refractivity contribution in [3.05, 3.63) is 51.9 Å². The fourth-order valence-corrected chi connectivity index (χ4v) is 4.00. The molecule has 2 heterocycles. The summed E-state index contributed by atoms with van der Waals surface area (Å²) >= 11 is 6.32. The monoisotopic (exact) mass is 419 g/mol. The minimum Gasteiger partial charge on any atom is -0.468 e. The first kappa shape index (κ1) is 21.3. The Morgan fingerprint density at radius 2 is 1.90 bits per heavy atom. The summed E-state index contributed by atoms with van der Waals surface area (Å²) in [7, 11) is 1.38. The maximum absolute atomic E-state index is 12.7. The van der Waals surface area contributed by atoms with Gasteiger partial charge in [-0.25, -0.2) is 4.79 Å². The van der Waals surface area contributed by atoms with Gasteiger partial charge in [0.1, 0.15) is 11.8 Å². The molecule has 0 unspecified atom stereocenters. The van der Waals surface area contributed by atoms with Crippen molar-refractivity contribution in [2.75, 3.05) is 33.3 Å². The number of ether oxygens (including phenoxy) is 1. The summed E-state index contributed by atoms with van der Waals surface area (Å²) in [5.74, 6) is 0.508. The average molecular weight is 420 g/mol. The highest BCUT2D eigenvalue weighted by atomic mass is 35.5. The van der Waals surface area contributed by atoms with Crippen LogP contribution in [0.4, 0.5) is 0 Å². The molecule has 1 aliphatic rings. The van der Waals surface area contributed by atoms with Crippen molar-refractivity contribution < 1.29 is 18.8 Å². The molecule has 3 rings (SSSR count). The Kier molecular flexibility index (Phi) is 6.92. The number of methoxy groups -OCH3 is 1. The number of carbonyl (C=O) groups is 2. The number of halogens is 1. The van der Waals surface area contributed by atoms with Crippen molar-refractivity contribution in [3.8, 4) is 0 Å². The third kappa shape index (κ3) is 4.79. The van der Waals surface area contributed by atoms with Crippen LogP contribution in [0.2, 0.25) is 5.02 Å². The van der Waals surface area contributed by atoms with Crippen molar-refractivity contribution in [3.63, 3.8) is 0 Å². The quantitative estimate of drug-likeness (QED) is 0.670. The van der Waals surface area contributed by atoms with Gasteiger partial charge in [-0.1, -0.05) is 35.0 Å². The number of piperazine rings is 1. The van der Waals surface area contributed by atoms with Gasteiger partial charge in [-0.05, 0) is 31.9 Å². The first-order valence-electron chi connectivity index (χ1n) is 9.68. The largest absolute Gasteiger partial charge is 0.468 e. The molecule has 1 atom stereocenters. The number of benzene rings is 1. The van der Waals surface area contributed by atoms with Crippen LogP contribution in [0, 0.1) is 13.8 Å². The lowest BCUT2D eigenvalue weighted by Crippen LogP contribution is -2.51. The van der Waals surface area contributed by atoms with E-state index >= 15 is 0 Å². The number of nitrogens with zero attached hydrogens (tertiary/aromatic N) is 3. The minimum absolute atomic E-state index is 0.0945. The lowest BCUT2D eigenvalue weighted by Gasteiger charge is -2.38. The van der Waals surface area contributed by atoms with Gasteiger partial charge in [-0.3, -0.25) is 9.69 Å². The zero-order valence-corrected chi connectivity index (χ0v) is 17.7. The molecule has 8 heteroatoms. The molecule has 1 aromatic heterocycles. The summed E-state index contributed by atoms with van der Waals surface area (Å²) in [6.45, 7) is 6.00. The molecule has 7 nitrogen and oxygen atoms in total. The second-order valence-corrected chi connectivity index (χ2v) is 7.57. The summed E-state index contributed by atoms with van der Waals surface area (Å²) in [4.78, 5) is 29.0. The molecular formula is C21H26ClN3O4. The maximum atomic E-state index is 12.7.